The van der Waals surface area contributed by atoms with Crippen LogP contribution in [0.2, 0.25) is 0 Å². The van der Waals surface area contributed by atoms with Gasteiger partial charge in [0.2, 0.25) is 0 Å². The van der Waals surface area contributed by atoms with Gasteiger partial charge in [-0.1, -0.05) is 0 Å². The molecule has 0 spiro atoms. The van der Waals surface area contributed by atoms with Gasteiger partial charge in [-0.2, -0.15) is 0 Å². The van der Waals surface area contributed by atoms with Crippen LogP contribution in [0.4, 0.5) is 4.56 Å². The Morgan fingerprint density at radius 1 is 1.24 bits per heavy atom. The first kappa shape index (κ1) is 17.8. The van der Waals surface area contributed by atoms with Crippen molar-refractivity contribution in [3.8, 4) is 5.75 Å². The van der Waals surface area contributed by atoms with Crippen LogP contribution in [0, 0.1) is 0 Å². The molecule has 0 radical (unpaired) electrons. The number of aryl methyl sites for hydroxylation is 1. The third kappa shape index (κ3) is 3.80. The molecule has 1 aliphatic rings. The topological polar surface area (TPSA) is 64.6 Å². The Kier molecular flexibility index (Phi) is 5.61. The summed E-state index contributed by atoms with van der Waals surface area (Å²) in [7, 11) is 1.57. The van der Waals surface area contributed by atoms with Crippen LogP contribution in [0.25, 0.3) is 0 Å². The summed E-state index contributed by atoms with van der Waals surface area (Å²) >= 11 is -0.0215. The van der Waals surface area contributed by atoms with Crippen molar-refractivity contribution in [2.24, 2.45) is 0 Å². The summed E-state index contributed by atoms with van der Waals surface area (Å²) in [5, 5.41) is 2.96. The molecule has 3 rings (SSSR count). The number of nitrogens with one attached hydrogen (secondary N) is 1. The summed E-state index contributed by atoms with van der Waals surface area (Å²) in [5.74, 6) is 0.0798. The first-order valence-electron chi connectivity index (χ1n) is 8.41. The third-order valence-corrected chi connectivity index (χ3v) is 6.74. The average Bonchev–Trinajstić information content (AvgIpc) is 2.99. The number of esters is 1. The van der Waals surface area contributed by atoms with E-state index in [1.54, 1.807) is 38.3 Å². The van der Waals surface area contributed by atoms with Crippen molar-refractivity contribution in [2.45, 2.75) is 32.6 Å². The Balaban J connectivity index is 1.92. The molecule has 1 amide bonds. The molecule has 132 valence electrons. The molecule has 1 heterocycles. The van der Waals surface area contributed by atoms with E-state index in [0.29, 0.717) is 23.5 Å². The van der Waals surface area contributed by atoms with Crippen LogP contribution in [-0.2, 0) is 17.6 Å². The minimum atomic E-state index is -0.322. The van der Waals surface area contributed by atoms with Gasteiger partial charge in [-0.15, -0.1) is 0 Å². The molecule has 1 N–H and O–H groups in total. The number of carbonyl (C=O) groups excluding carboxylic acids is 2. The Morgan fingerprint density at radius 3 is 2.80 bits per heavy atom. The van der Waals surface area contributed by atoms with E-state index in [0.717, 1.165) is 35.8 Å². The van der Waals surface area contributed by atoms with Gasteiger partial charge in [0.05, 0.1) is 0 Å². The number of hydrogen-bond donors (Lipinski definition) is 1. The van der Waals surface area contributed by atoms with Crippen LogP contribution >= 0.6 is 0 Å². The number of benzene rings is 1. The number of fused-ring (bicyclic) bond motifs is 1. The fourth-order valence-electron chi connectivity index (χ4n) is 3.01. The zero-order chi connectivity index (χ0) is 17.8. The minimum absolute atomic E-state index is 0.0215. The van der Waals surface area contributed by atoms with Gasteiger partial charge < -0.3 is 0 Å². The fourth-order valence-corrected chi connectivity index (χ4v) is 5.68. The van der Waals surface area contributed by atoms with Gasteiger partial charge >= 0.3 is 153 Å². The number of rotatable bonds is 5. The molecular formula is C19H21NO4Se. The quantitative estimate of drug-likeness (QED) is 0.613. The van der Waals surface area contributed by atoms with Crippen molar-refractivity contribution in [1.82, 2.24) is 0 Å². The third-order valence-electron chi connectivity index (χ3n) is 4.21. The summed E-state index contributed by atoms with van der Waals surface area (Å²) in [6.45, 7) is 2.12. The van der Waals surface area contributed by atoms with Crippen LogP contribution in [0.1, 0.15) is 50.5 Å². The molecule has 1 aromatic heterocycles. The van der Waals surface area contributed by atoms with Gasteiger partial charge in [-0.05, 0) is 0 Å². The molecule has 1 aliphatic carbocycles. The van der Waals surface area contributed by atoms with E-state index in [1.807, 2.05) is 0 Å². The van der Waals surface area contributed by atoms with Crippen LogP contribution < -0.4 is 10.1 Å². The Labute approximate surface area is 153 Å². The molecule has 5 nitrogen and oxygen atoms in total. The molecule has 1 aromatic carbocycles. The monoisotopic (exact) mass is 407 g/mol. The van der Waals surface area contributed by atoms with Crippen LogP contribution in [-0.4, -0.2) is 40.1 Å². The van der Waals surface area contributed by atoms with Gasteiger partial charge in [0, 0.05) is 0 Å². The number of hydrogen-bond acceptors (Lipinski definition) is 4. The molecule has 0 bridgehead atoms. The molecule has 0 fully saturated rings. The van der Waals surface area contributed by atoms with E-state index in [1.165, 1.54) is 4.44 Å². The van der Waals surface area contributed by atoms with Crippen LogP contribution in [0.15, 0.2) is 24.3 Å². The van der Waals surface area contributed by atoms with Gasteiger partial charge in [0.1, 0.15) is 0 Å². The molecule has 2 aromatic rings. The summed E-state index contributed by atoms with van der Waals surface area (Å²) in [6.07, 6.45) is 4.13. The van der Waals surface area contributed by atoms with Gasteiger partial charge in [-0.3, -0.25) is 0 Å². The van der Waals surface area contributed by atoms with E-state index in [2.05, 4.69) is 5.32 Å². The normalized spacial score (nSPS) is 13.0. The zero-order valence-electron chi connectivity index (χ0n) is 14.4. The van der Waals surface area contributed by atoms with Crippen molar-refractivity contribution in [1.29, 1.82) is 0 Å². The van der Waals surface area contributed by atoms with Crippen molar-refractivity contribution < 1.29 is 19.1 Å². The molecular weight excluding hydrogens is 385 g/mol. The van der Waals surface area contributed by atoms with E-state index in [9.17, 15) is 9.59 Å². The van der Waals surface area contributed by atoms with Crippen molar-refractivity contribution in [2.75, 3.05) is 19.0 Å². The maximum absolute atomic E-state index is 12.6. The van der Waals surface area contributed by atoms with Gasteiger partial charge in [0.25, 0.3) is 0 Å². The summed E-state index contributed by atoms with van der Waals surface area (Å²) in [6, 6.07) is 6.99. The van der Waals surface area contributed by atoms with E-state index >= 15 is 0 Å². The van der Waals surface area contributed by atoms with Crippen molar-refractivity contribution in [3.05, 3.63) is 45.4 Å². The molecule has 0 unspecified atom stereocenters. The first-order chi connectivity index (χ1) is 12.1. The van der Waals surface area contributed by atoms with Crippen molar-refractivity contribution in [3.63, 3.8) is 0 Å². The summed E-state index contributed by atoms with van der Waals surface area (Å²) in [5.41, 5.74) is 2.20. The van der Waals surface area contributed by atoms with Gasteiger partial charge in [0.15, 0.2) is 0 Å². The SMILES string of the molecule is CCOC(=O)c1c(NC(=O)c2cccc(OC)c2)[se]c2c1CCCC2. The van der Waals surface area contributed by atoms with E-state index in [4.69, 9.17) is 9.47 Å². The average molecular weight is 406 g/mol. The second-order valence-corrected chi connectivity index (χ2v) is 8.14. The molecule has 0 saturated heterocycles. The first-order valence-corrected chi connectivity index (χ1v) is 10.1. The maximum atomic E-state index is 12.6. The van der Waals surface area contributed by atoms with Gasteiger partial charge in [-0.25, -0.2) is 0 Å². The van der Waals surface area contributed by atoms with E-state index in [-0.39, 0.29) is 26.4 Å². The predicted molar refractivity (Wildman–Crippen MR) is 96.9 cm³/mol. The Morgan fingerprint density at radius 2 is 2.04 bits per heavy atom. The predicted octanol–water partition coefficient (Wildman–Crippen LogP) is 3.06. The second kappa shape index (κ2) is 7.89. The molecule has 0 saturated carbocycles. The number of carbonyl (C=O) groups is 2. The Bertz CT molecular complexity index is 797. The number of anilines is 1. The molecule has 25 heavy (non-hydrogen) atoms. The standard InChI is InChI=1S/C19H21NO4Se/c1-3-24-19(22)16-14-9-4-5-10-15(14)25-18(16)20-17(21)12-7-6-8-13(11-12)23-2/h6-8,11H,3-5,9-10H2,1-2H3,(H,20,21). The van der Waals surface area contributed by atoms with Crippen molar-refractivity contribution >= 4 is 30.9 Å². The molecule has 6 heteroatoms. The molecule has 0 atom stereocenters. The zero-order valence-corrected chi connectivity index (χ0v) is 16.1. The molecule has 0 aliphatic heterocycles. The number of methoxy groups -OCH3 is 1. The van der Waals surface area contributed by atoms with E-state index < -0.39 is 0 Å². The fraction of sp³-hybridized carbons (Fsp3) is 0.368. The number of ether oxygens (including phenoxy) is 2. The van der Waals surface area contributed by atoms with Crippen LogP contribution in [0.3, 0.4) is 0 Å². The Hall–Kier alpha value is -2.04. The summed E-state index contributed by atoms with van der Waals surface area (Å²) in [4.78, 5) is 25.1. The summed E-state index contributed by atoms with van der Waals surface area (Å²) < 4.78 is 12.5. The second-order valence-electron chi connectivity index (χ2n) is 5.82. The number of amides is 1. The van der Waals surface area contributed by atoms with Crippen LogP contribution in [0.5, 0.6) is 5.75 Å².